The molecule has 142 valence electrons. The summed E-state index contributed by atoms with van der Waals surface area (Å²) in [4.78, 5) is 16.5. The molecule has 1 amide bonds. The van der Waals surface area contributed by atoms with Gasteiger partial charge in [0.2, 0.25) is 5.91 Å². The first-order chi connectivity index (χ1) is 13.1. The van der Waals surface area contributed by atoms with Crippen LogP contribution < -0.4 is 5.32 Å². The maximum atomic E-state index is 13.2. The van der Waals surface area contributed by atoms with Crippen LogP contribution in [0.3, 0.4) is 0 Å². The highest BCUT2D eigenvalue weighted by Gasteiger charge is 2.18. The average molecular weight is 371 g/mol. The molecule has 1 aliphatic rings. The molecular weight excluding hydrogens is 348 g/mol. The molecule has 0 aliphatic carbocycles. The standard InChI is InChI=1S/C21H23F2N3O/c22-19-9-8-18(15-20(19)23)24-21(27)16-26-13-11-25(12-14-26)10-4-7-17-5-2-1-3-6-17/h1-9,15H,10-14,16H2,(H,24,27)/b7-4+. The Labute approximate surface area is 158 Å². The van der Waals surface area contributed by atoms with Gasteiger partial charge >= 0.3 is 0 Å². The van der Waals surface area contributed by atoms with Gasteiger partial charge in [0.1, 0.15) is 0 Å². The summed E-state index contributed by atoms with van der Waals surface area (Å²) in [5.74, 6) is -2.12. The van der Waals surface area contributed by atoms with E-state index in [1.165, 1.54) is 11.6 Å². The fraction of sp³-hybridized carbons (Fsp3) is 0.286. The molecule has 0 radical (unpaired) electrons. The lowest BCUT2D eigenvalue weighted by Crippen LogP contribution is -2.48. The number of amides is 1. The molecule has 0 saturated carbocycles. The fourth-order valence-corrected chi connectivity index (χ4v) is 3.01. The molecule has 0 unspecified atom stereocenters. The lowest BCUT2D eigenvalue weighted by atomic mass is 10.2. The summed E-state index contributed by atoms with van der Waals surface area (Å²) in [5, 5.41) is 2.61. The zero-order valence-electron chi connectivity index (χ0n) is 15.1. The Bertz CT molecular complexity index is 787. The Morgan fingerprint density at radius 3 is 2.37 bits per heavy atom. The van der Waals surface area contributed by atoms with Crippen LogP contribution in [-0.4, -0.2) is 55.0 Å². The van der Waals surface area contributed by atoms with Crippen molar-refractivity contribution in [1.82, 2.24) is 9.80 Å². The molecule has 4 nitrogen and oxygen atoms in total. The number of carbonyl (C=O) groups excluding carboxylic acids is 1. The van der Waals surface area contributed by atoms with Crippen molar-refractivity contribution in [1.29, 1.82) is 0 Å². The van der Waals surface area contributed by atoms with E-state index < -0.39 is 11.6 Å². The molecule has 0 spiro atoms. The molecule has 2 aromatic carbocycles. The van der Waals surface area contributed by atoms with E-state index in [9.17, 15) is 13.6 Å². The molecule has 1 aliphatic heterocycles. The molecule has 0 aromatic heterocycles. The van der Waals surface area contributed by atoms with Gasteiger partial charge in [0.15, 0.2) is 11.6 Å². The molecule has 1 heterocycles. The molecule has 27 heavy (non-hydrogen) atoms. The van der Waals surface area contributed by atoms with E-state index in [0.717, 1.165) is 44.9 Å². The van der Waals surface area contributed by atoms with Crippen molar-refractivity contribution in [3.05, 3.63) is 71.8 Å². The van der Waals surface area contributed by atoms with Crippen LogP contribution in [0.15, 0.2) is 54.6 Å². The number of rotatable bonds is 6. The number of carbonyl (C=O) groups is 1. The quantitative estimate of drug-likeness (QED) is 0.847. The number of benzene rings is 2. The first-order valence-corrected chi connectivity index (χ1v) is 9.01. The smallest absolute Gasteiger partial charge is 0.238 e. The van der Waals surface area contributed by atoms with Crippen molar-refractivity contribution < 1.29 is 13.6 Å². The maximum Gasteiger partial charge on any atom is 0.238 e. The summed E-state index contributed by atoms with van der Waals surface area (Å²) < 4.78 is 26.1. The number of nitrogens with one attached hydrogen (secondary N) is 1. The third-order valence-electron chi connectivity index (χ3n) is 4.51. The Kier molecular flexibility index (Phi) is 6.68. The van der Waals surface area contributed by atoms with Gasteiger partial charge in [-0.2, -0.15) is 0 Å². The van der Waals surface area contributed by atoms with Crippen LogP contribution in [0.1, 0.15) is 5.56 Å². The number of hydrogen-bond acceptors (Lipinski definition) is 3. The van der Waals surface area contributed by atoms with E-state index in [0.29, 0.717) is 0 Å². The predicted molar refractivity (Wildman–Crippen MR) is 103 cm³/mol. The van der Waals surface area contributed by atoms with E-state index in [-0.39, 0.29) is 18.1 Å². The monoisotopic (exact) mass is 371 g/mol. The highest BCUT2D eigenvalue weighted by atomic mass is 19.2. The topological polar surface area (TPSA) is 35.6 Å². The van der Waals surface area contributed by atoms with Crippen molar-refractivity contribution in [3.8, 4) is 0 Å². The Balaban J connectivity index is 1.39. The number of nitrogens with zero attached hydrogens (tertiary/aromatic N) is 2. The van der Waals surface area contributed by atoms with Crippen molar-refractivity contribution in [2.45, 2.75) is 0 Å². The van der Waals surface area contributed by atoms with Crippen LogP contribution >= 0.6 is 0 Å². The van der Waals surface area contributed by atoms with Crippen LogP contribution in [0.5, 0.6) is 0 Å². The van der Waals surface area contributed by atoms with Gasteiger partial charge in [0.05, 0.1) is 6.54 Å². The van der Waals surface area contributed by atoms with Crippen LogP contribution in [0.2, 0.25) is 0 Å². The predicted octanol–water partition coefficient (Wildman–Crippen LogP) is 3.23. The second-order valence-electron chi connectivity index (χ2n) is 6.57. The van der Waals surface area contributed by atoms with Crippen LogP contribution in [0.25, 0.3) is 6.08 Å². The number of halogens is 2. The molecule has 0 atom stereocenters. The molecule has 0 bridgehead atoms. The third kappa shape index (κ3) is 5.98. The minimum absolute atomic E-state index is 0.224. The van der Waals surface area contributed by atoms with Gasteiger partial charge in [0, 0.05) is 44.5 Å². The first kappa shape index (κ1) is 19.2. The SMILES string of the molecule is O=C(CN1CCN(C/C=C/c2ccccc2)CC1)Nc1ccc(F)c(F)c1. The van der Waals surface area contributed by atoms with Crippen LogP contribution in [0.4, 0.5) is 14.5 Å². The Hall–Kier alpha value is -2.57. The summed E-state index contributed by atoms with van der Waals surface area (Å²) in [6.07, 6.45) is 4.27. The molecule has 3 rings (SSSR count). The van der Waals surface area contributed by atoms with E-state index in [4.69, 9.17) is 0 Å². The van der Waals surface area contributed by atoms with E-state index in [1.54, 1.807) is 0 Å². The third-order valence-corrected chi connectivity index (χ3v) is 4.51. The Morgan fingerprint density at radius 1 is 0.963 bits per heavy atom. The van der Waals surface area contributed by atoms with Crippen molar-refractivity contribution in [3.63, 3.8) is 0 Å². The molecule has 6 heteroatoms. The van der Waals surface area contributed by atoms with E-state index >= 15 is 0 Å². The Morgan fingerprint density at radius 2 is 1.67 bits per heavy atom. The zero-order valence-corrected chi connectivity index (χ0v) is 15.1. The highest BCUT2D eigenvalue weighted by Crippen LogP contribution is 2.13. The van der Waals surface area contributed by atoms with Gasteiger partial charge in [-0.15, -0.1) is 0 Å². The van der Waals surface area contributed by atoms with Crippen molar-refractivity contribution in [2.24, 2.45) is 0 Å². The van der Waals surface area contributed by atoms with Gasteiger partial charge in [-0.1, -0.05) is 42.5 Å². The average Bonchev–Trinajstić information content (AvgIpc) is 2.67. The summed E-state index contributed by atoms with van der Waals surface area (Å²) in [7, 11) is 0. The minimum atomic E-state index is -0.968. The molecule has 1 N–H and O–H groups in total. The summed E-state index contributed by atoms with van der Waals surface area (Å²) in [5.41, 5.74) is 1.45. The molecule has 1 fully saturated rings. The summed E-state index contributed by atoms with van der Waals surface area (Å²) in [6, 6.07) is 13.5. The van der Waals surface area contributed by atoms with Gasteiger partial charge in [0.25, 0.3) is 0 Å². The van der Waals surface area contributed by atoms with Crippen molar-refractivity contribution >= 4 is 17.7 Å². The fourth-order valence-electron chi connectivity index (χ4n) is 3.01. The molecular formula is C21H23F2N3O. The first-order valence-electron chi connectivity index (χ1n) is 9.01. The number of piperazine rings is 1. The summed E-state index contributed by atoms with van der Waals surface area (Å²) >= 11 is 0. The van der Waals surface area contributed by atoms with E-state index in [1.807, 2.05) is 18.2 Å². The van der Waals surface area contributed by atoms with Crippen molar-refractivity contribution in [2.75, 3.05) is 44.6 Å². The maximum absolute atomic E-state index is 13.2. The lowest BCUT2D eigenvalue weighted by molar-refractivity contribution is -0.117. The van der Waals surface area contributed by atoms with E-state index in [2.05, 4.69) is 39.4 Å². The number of anilines is 1. The largest absolute Gasteiger partial charge is 0.325 e. The normalized spacial score (nSPS) is 15.9. The zero-order chi connectivity index (χ0) is 19.1. The van der Waals surface area contributed by atoms with Crippen LogP contribution in [0, 0.1) is 11.6 Å². The van der Waals surface area contributed by atoms with Gasteiger partial charge in [-0.05, 0) is 17.7 Å². The van der Waals surface area contributed by atoms with Crippen LogP contribution in [-0.2, 0) is 4.79 Å². The highest BCUT2D eigenvalue weighted by molar-refractivity contribution is 5.92. The van der Waals surface area contributed by atoms with Gasteiger partial charge in [-0.3, -0.25) is 14.6 Å². The van der Waals surface area contributed by atoms with Gasteiger partial charge < -0.3 is 5.32 Å². The minimum Gasteiger partial charge on any atom is -0.325 e. The number of hydrogen-bond donors (Lipinski definition) is 1. The second kappa shape index (κ2) is 9.39. The lowest BCUT2D eigenvalue weighted by Gasteiger charge is -2.33. The summed E-state index contributed by atoms with van der Waals surface area (Å²) in [6.45, 7) is 4.49. The molecule has 2 aromatic rings. The molecule has 1 saturated heterocycles. The second-order valence-corrected chi connectivity index (χ2v) is 6.57. The van der Waals surface area contributed by atoms with Gasteiger partial charge in [-0.25, -0.2) is 8.78 Å².